The highest BCUT2D eigenvalue weighted by molar-refractivity contribution is 7.16. The summed E-state index contributed by atoms with van der Waals surface area (Å²) in [7, 11) is 1.65. The van der Waals surface area contributed by atoms with Crippen LogP contribution in [0.4, 0.5) is 5.00 Å². The van der Waals surface area contributed by atoms with Crippen LogP contribution in [0.3, 0.4) is 0 Å². The molecule has 1 aromatic rings. The molecule has 1 aliphatic carbocycles. The lowest BCUT2D eigenvalue weighted by Crippen LogP contribution is -2.28. The molecule has 1 heterocycles. The Morgan fingerprint density at radius 2 is 2.19 bits per heavy atom. The lowest BCUT2D eigenvalue weighted by atomic mass is 9.74. The smallest absolute Gasteiger partial charge is 0.254 e. The number of nitrogen functional groups attached to an aromatic ring is 1. The fraction of sp³-hybridized carbons (Fsp3) is 0.583. The van der Waals surface area contributed by atoms with Gasteiger partial charge in [-0.1, -0.05) is 13.8 Å². The summed E-state index contributed by atoms with van der Waals surface area (Å²) >= 11 is 1.58. The largest absolute Gasteiger partial charge is 0.390 e. The van der Waals surface area contributed by atoms with Gasteiger partial charge in [-0.2, -0.15) is 0 Å². The Balaban J connectivity index is 2.62. The van der Waals surface area contributed by atoms with Gasteiger partial charge in [0, 0.05) is 11.9 Å². The van der Waals surface area contributed by atoms with Crippen LogP contribution in [0.1, 0.15) is 47.5 Å². The number of hydrogen-bond donors (Lipinski definition) is 2. The molecule has 16 heavy (non-hydrogen) atoms. The summed E-state index contributed by atoms with van der Waals surface area (Å²) in [4.78, 5) is 13.2. The van der Waals surface area contributed by atoms with E-state index in [1.165, 1.54) is 16.9 Å². The number of rotatable bonds is 1. The fourth-order valence-corrected chi connectivity index (χ4v) is 3.84. The molecule has 1 aromatic heterocycles. The molecule has 0 aliphatic heterocycles. The Kier molecular flexibility index (Phi) is 2.70. The Morgan fingerprint density at radius 1 is 1.50 bits per heavy atom. The highest BCUT2D eigenvalue weighted by Gasteiger charge is 2.35. The number of carbonyl (C=O) groups excluding carboxylic acids is 1. The zero-order chi connectivity index (χ0) is 11.9. The van der Waals surface area contributed by atoms with Gasteiger partial charge in [0.15, 0.2) is 0 Å². The Bertz CT molecular complexity index is 434. The van der Waals surface area contributed by atoms with Crippen LogP contribution in [-0.4, -0.2) is 13.0 Å². The summed E-state index contributed by atoms with van der Waals surface area (Å²) in [6.07, 6.45) is 3.37. The number of anilines is 1. The predicted octanol–water partition coefficient (Wildman–Crippen LogP) is 2.30. The van der Waals surface area contributed by atoms with Gasteiger partial charge in [-0.05, 0) is 30.2 Å². The quantitative estimate of drug-likeness (QED) is 0.788. The number of hydrogen-bond acceptors (Lipinski definition) is 3. The van der Waals surface area contributed by atoms with Crippen LogP contribution in [0.5, 0.6) is 0 Å². The molecule has 1 amide bonds. The molecule has 0 aromatic carbocycles. The molecule has 2 rings (SSSR count). The van der Waals surface area contributed by atoms with Crippen molar-refractivity contribution in [2.75, 3.05) is 12.8 Å². The first kappa shape index (κ1) is 11.5. The van der Waals surface area contributed by atoms with Gasteiger partial charge in [-0.15, -0.1) is 11.3 Å². The Morgan fingerprint density at radius 3 is 2.81 bits per heavy atom. The van der Waals surface area contributed by atoms with E-state index in [-0.39, 0.29) is 11.3 Å². The number of fused-ring (bicyclic) bond motifs is 1. The molecule has 4 heteroatoms. The SMILES string of the molecule is CNC(=O)c1c(N)sc2c1C(C)(C)CCC2. The molecule has 0 fully saturated rings. The third-order valence-electron chi connectivity index (χ3n) is 3.34. The average molecular weight is 238 g/mol. The van der Waals surface area contributed by atoms with E-state index in [9.17, 15) is 4.79 Å². The van der Waals surface area contributed by atoms with E-state index >= 15 is 0 Å². The number of thiophene rings is 1. The zero-order valence-electron chi connectivity index (χ0n) is 10.0. The van der Waals surface area contributed by atoms with Crippen molar-refractivity contribution in [2.45, 2.75) is 38.5 Å². The summed E-state index contributed by atoms with van der Waals surface area (Å²) in [6.45, 7) is 4.40. The monoisotopic (exact) mass is 238 g/mol. The third kappa shape index (κ3) is 1.61. The second-order valence-electron chi connectivity index (χ2n) is 4.96. The van der Waals surface area contributed by atoms with Crippen LogP contribution in [0.25, 0.3) is 0 Å². The molecule has 3 N–H and O–H groups in total. The summed E-state index contributed by atoms with van der Waals surface area (Å²) in [6, 6.07) is 0. The summed E-state index contributed by atoms with van der Waals surface area (Å²) in [5, 5.41) is 3.35. The van der Waals surface area contributed by atoms with Gasteiger partial charge in [-0.25, -0.2) is 0 Å². The minimum atomic E-state index is -0.0509. The molecule has 0 spiro atoms. The van der Waals surface area contributed by atoms with Crippen molar-refractivity contribution >= 4 is 22.2 Å². The van der Waals surface area contributed by atoms with E-state index in [0.29, 0.717) is 10.6 Å². The standard InChI is InChI=1S/C12H18N2OS/c1-12(2)6-4-5-7-9(12)8(10(13)16-7)11(15)14-3/h4-6,13H2,1-3H3,(H,14,15). The summed E-state index contributed by atoms with van der Waals surface area (Å²) in [5.41, 5.74) is 7.95. The molecule has 0 saturated carbocycles. The van der Waals surface area contributed by atoms with Crippen LogP contribution >= 0.6 is 11.3 Å². The van der Waals surface area contributed by atoms with E-state index in [1.807, 2.05) is 0 Å². The first-order valence-corrected chi connectivity index (χ1v) is 6.42. The molecule has 88 valence electrons. The first-order chi connectivity index (χ1) is 7.47. The second kappa shape index (κ2) is 3.77. The number of nitrogens with one attached hydrogen (secondary N) is 1. The van der Waals surface area contributed by atoms with Gasteiger partial charge in [0.25, 0.3) is 5.91 Å². The minimum absolute atomic E-state index is 0.0509. The summed E-state index contributed by atoms with van der Waals surface area (Å²) < 4.78 is 0. The normalized spacial score (nSPS) is 17.9. The molecule has 0 radical (unpaired) electrons. The Labute approximate surface area is 100 Å². The van der Waals surface area contributed by atoms with Crippen molar-refractivity contribution in [1.29, 1.82) is 0 Å². The van der Waals surface area contributed by atoms with Crippen molar-refractivity contribution in [1.82, 2.24) is 5.32 Å². The van der Waals surface area contributed by atoms with Crippen LogP contribution in [0, 0.1) is 0 Å². The van der Waals surface area contributed by atoms with Gasteiger partial charge in [0.2, 0.25) is 0 Å². The number of nitrogens with two attached hydrogens (primary N) is 1. The lowest BCUT2D eigenvalue weighted by Gasteiger charge is -2.31. The Hall–Kier alpha value is -1.03. The zero-order valence-corrected chi connectivity index (χ0v) is 10.8. The minimum Gasteiger partial charge on any atom is -0.390 e. The number of aryl methyl sites for hydroxylation is 1. The average Bonchev–Trinajstić information content (AvgIpc) is 2.54. The van der Waals surface area contributed by atoms with Gasteiger partial charge in [-0.3, -0.25) is 4.79 Å². The van der Waals surface area contributed by atoms with Crippen molar-refractivity contribution in [2.24, 2.45) is 0 Å². The van der Waals surface area contributed by atoms with Crippen molar-refractivity contribution in [3.63, 3.8) is 0 Å². The van der Waals surface area contributed by atoms with Crippen molar-refractivity contribution in [3.05, 3.63) is 16.0 Å². The predicted molar refractivity (Wildman–Crippen MR) is 68.1 cm³/mol. The molecule has 0 saturated heterocycles. The molecule has 0 atom stereocenters. The van der Waals surface area contributed by atoms with E-state index in [4.69, 9.17) is 5.73 Å². The maximum absolute atomic E-state index is 11.9. The van der Waals surface area contributed by atoms with Crippen molar-refractivity contribution < 1.29 is 4.79 Å². The van der Waals surface area contributed by atoms with Gasteiger partial charge >= 0.3 is 0 Å². The van der Waals surface area contributed by atoms with E-state index in [2.05, 4.69) is 19.2 Å². The van der Waals surface area contributed by atoms with Gasteiger partial charge in [0.1, 0.15) is 0 Å². The highest BCUT2D eigenvalue weighted by Crippen LogP contribution is 2.45. The molecular weight excluding hydrogens is 220 g/mol. The summed E-state index contributed by atoms with van der Waals surface area (Å²) in [5.74, 6) is -0.0509. The molecule has 0 unspecified atom stereocenters. The van der Waals surface area contributed by atoms with E-state index in [1.54, 1.807) is 18.4 Å². The third-order valence-corrected chi connectivity index (χ3v) is 4.42. The van der Waals surface area contributed by atoms with E-state index in [0.717, 1.165) is 12.8 Å². The molecule has 0 bridgehead atoms. The maximum Gasteiger partial charge on any atom is 0.254 e. The molecule has 3 nitrogen and oxygen atoms in total. The molecule has 1 aliphatic rings. The second-order valence-corrected chi connectivity index (χ2v) is 6.09. The fourth-order valence-electron chi connectivity index (χ4n) is 2.56. The van der Waals surface area contributed by atoms with Crippen LogP contribution in [-0.2, 0) is 11.8 Å². The van der Waals surface area contributed by atoms with Crippen LogP contribution < -0.4 is 11.1 Å². The van der Waals surface area contributed by atoms with Crippen molar-refractivity contribution in [3.8, 4) is 0 Å². The highest BCUT2D eigenvalue weighted by atomic mass is 32.1. The lowest BCUT2D eigenvalue weighted by molar-refractivity contribution is 0.0961. The van der Waals surface area contributed by atoms with Gasteiger partial charge < -0.3 is 11.1 Å². The van der Waals surface area contributed by atoms with Crippen LogP contribution in [0.2, 0.25) is 0 Å². The van der Waals surface area contributed by atoms with Crippen LogP contribution in [0.15, 0.2) is 0 Å². The first-order valence-electron chi connectivity index (χ1n) is 5.61. The number of carbonyl (C=O) groups is 1. The number of amides is 1. The topological polar surface area (TPSA) is 55.1 Å². The molecular formula is C12H18N2OS. The van der Waals surface area contributed by atoms with Gasteiger partial charge in [0.05, 0.1) is 10.6 Å². The maximum atomic E-state index is 11.9. The van der Waals surface area contributed by atoms with E-state index < -0.39 is 0 Å².